The van der Waals surface area contributed by atoms with Crippen molar-refractivity contribution in [3.8, 4) is 0 Å². The van der Waals surface area contributed by atoms with Crippen LogP contribution >= 0.6 is 11.6 Å². The van der Waals surface area contributed by atoms with Gasteiger partial charge in [0.1, 0.15) is 12.6 Å². The summed E-state index contributed by atoms with van der Waals surface area (Å²) in [5.41, 5.74) is 3.98. The SMILES string of the molecule is CNC(=O)[C@H](Cc1ccccc1)N(Cc1cccc(C)c1)C(=O)CN(c1ccc(C)cc1)S(=O)(=O)c1ccc(Cl)cc1. The van der Waals surface area contributed by atoms with Crippen LogP contribution in [-0.2, 0) is 32.6 Å². The lowest BCUT2D eigenvalue weighted by molar-refractivity contribution is -0.139. The van der Waals surface area contributed by atoms with Crippen LogP contribution in [0.1, 0.15) is 22.3 Å². The molecule has 0 aliphatic carbocycles. The van der Waals surface area contributed by atoms with Crippen molar-refractivity contribution in [2.45, 2.75) is 37.8 Å². The van der Waals surface area contributed by atoms with Crippen molar-refractivity contribution in [2.24, 2.45) is 0 Å². The third-order valence-corrected chi connectivity index (χ3v) is 9.00. The van der Waals surface area contributed by atoms with Gasteiger partial charge in [0.05, 0.1) is 10.6 Å². The molecule has 0 aliphatic heterocycles. The van der Waals surface area contributed by atoms with E-state index in [4.69, 9.17) is 11.6 Å². The normalized spacial score (nSPS) is 11.9. The van der Waals surface area contributed by atoms with E-state index in [1.54, 1.807) is 24.3 Å². The van der Waals surface area contributed by atoms with Crippen LogP contribution in [0.5, 0.6) is 0 Å². The number of amides is 2. The van der Waals surface area contributed by atoms with Gasteiger partial charge in [0.15, 0.2) is 0 Å². The number of anilines is 1. The first-order valence-corrected chi connectivity index (χ1v) is 15.4. The second-order valence-electron chi connectivity index (χ2n) is 10.1. The Kier molecular flexibility index (Phi) is 10.0. The molecule has 0 fully saturated rings. The average Bonchev–Trinajstić information content (AvgIpc) is 2.98. The van der Waals surface area contributed by atoms with E-state index in [-0.39, 0.29) is 23.8 Å². The summed E-state index contributed by atoms with van der Waals surface area (Å²) in [7, 11) is -2.65. The van der Waals surface area contributed by atoms with Gasteiger partial charge in [-0.2, -0.15) is 0 Å². The van der Waals surface area contributed by atoms with Crippen molar-refractivity contribution in [3.63, 3.8) is 0 Å². The Morgan fingerprint density at radius 2 is 1.45 bits per heavy atom. The molecule has 0 heterocycles. The van der Waals surface area contributed by atoms with E-state index >= 15 is 0 Å². The summed E-state index contributed by atoms with van der Waals surface area (Å²) < 4.78 is 29.0. The zero-order valence-corrected chi connectivity index (χ0v) is 25.4. The zero-order valence-electron chi connectivity index (χ0n) is 23.8. The topological polar surface area (TPSA) is 86.8 Å². The lowest BCUT2D eigenvalue weighted by Gasteiger charge is -2.33. The fourth-order valence-corrected chi connectivity index (χ4v) is 6.24. The number of hydrogen-bond donors (Lipinski definition) is 1. The standard InChI is InChI=1S/C33H34ClN3O4S/c1-24-12-16-29(17-13-24)37(42(40,41)30-18-14-28(34)15-19-30)23-32(38)36(22-27-11-7-8-25(2)20-27)31(33(39)35-3)21-26-9-5-4-6-10-26/h4-20,31H,21-23H2,1-3H3,(H,35,39)/t31-/m0/s1. The highest BCUT2D eigenvalue weighted by atomic mass is 35.5. The van der Waals surface area contributed by atoms with Gasteiger partial charge in [0.25, 0.3) is 10.0 Å². The van der Waals surface area contributed by atoms with Crippen molar-refractivity contribution in [2.75, 3.05) is 17.9 Å². The van der Waals surface area contributed by atoms with Gasteiger partial charge in [0, 0.05) is 25.0 Å². The minimum absolute atomic E-state index is 0.00218. The first-order chi connectivity index (χ1) is 20.1. The number of nitrogens with one attached hydrogen (secondary N) is 1. The van der Waals surface area contributed by atoms with Gasteiger partial charge in [-0.1, -0.05) is 89.5 Å². The number of sulfonamides is 1. The minimum Gasteiger partial charge on any atom is -0.357 e. The third-order valence-electron chi connectivity index (χ3n) is 6.96. The first-order valence-electron chi connectivity index (χ1n) is 13.5. The summed E-state index contributed by atoms with van der Waals surface area (Å²) in [6.45, 7) is 3.46. The maximum absolute atomic E-state index is 14.3. The van der Waals surface area contributed by atoms with E-state index in [0.29, 0.717) is 10.7 Å². The fraction of sp³-hybridized carbons (Fsp3) is 0.212. The van der Waals surface area contributed by atoms with Crippen LogP contribution in [0.3, 0.4) is 0 Å². The number of carbonyl (C=O) groups is 2. The smallest absolute Gasteiger partial charge is 0.264 e. The number of aryl methyl sites for hydroxylation is 2. The average molecular weight is 604 g/mol. The lowest BCUT2D eigenvalue weighted by Crippen LogP contribution is -2.53. The number of carbonyl (C=O) groups excluding carboxylic acids is 2. The molecule has 4 aromatic rings. The van der Waals surface area contributed by atoms with E-state index in [0.717, 1.165) is 26.6 Å². The van der Waals surface area contributed by atoms with E-state index in [9.17, 15) is 18.0 Å². The quantitative estimate of drug-likeness (QED) is 0.244. The number of rotatable bonds is 11. The molecule has 4 rings (SSSR count). The van der Waals surface area contributed by atoms with E-state index < -0.39 is 28.5 Å². The summed E-state index contributed by atoms with van der Waals surface area (Å²) in [6, 6.07) is 29.0. The summed E-state index contributed by atoms with van der Waals surface area (Å²) in [5.74, 6) is -0.860. The molecule has 0 aromatic heterocycles. The molecule has 7 nitrogen and oxygen atoms in total. The summed E-state index contributed by atoms with van der Waals surface area (Å²) in [6.07, 6.45) is 0.256. The summed E-state index contributed by atoms with van der Waals surface area (Å²) in [5, 5.41) is 3.09. The Morgan fingerprint density at radius 3 is 2.07 bits per heavy atom. The summed E-state index contributed by atoms with van der Waals surface area (Å²) in [4.78, 5) is 29.1. The van der Waals surface area contributed by atoms with E-state index in [1.807, 2.05) is 68.4 Å². The summed E-state index contributed by atoms with van der Waals surface area (Å²) >= 11 is 6.03. The predicted molar refractivity (Wildman–Crippen MR) is 167 cm³/mol. The van der Waals surface area contributed by atoms with Gasteiger partial charge in [-0.05, 0) is 61.4 Å². The number of hydrogen-bond acceptors (Lipinski definition) is 4. The zero-order chi connectivity index (χ0) is 30.3. The van der Waals surface area contributed by atoms with E-state index in [1.165, 1.54) is 36.2 Å². The fourth-order valence-electron chi connectivity index (χ4n) is 4.70. The molecule has 42 heavy (non-hydrogen) atoms. The monoisotopic (exact) mass is 603 g/mol. The van der Waals surface area contributed by atoms with Crippen molar-refractivity contribution < 1.29 is 18.0 Å². The molecule has 0 spiro atoms. The van der Waals surface area contributed by atoms with E-state index in [2.05, 4.69) is 5.32 Å². The predicted octanol–water partition coefficient (Wildman–Crippen LogP) is 5.54. The largest absolute Gasteiger partial charge is 0.357 e. The van der Waals surface area contributed by atoms with Gasteiger partial charge in [0.2, 0.25) is 11.8 Å². The van der Waals surface area contributed by atoms with Gasteiger partial charge in [-0.15, -0.1) is 0 Å². The second kappa shape index (κ2) is 13.7. The Bertz CT molecular complexity index is 1630. The van der Waals surface area contributed by atoms with Crippen LogP contribution in [0.4, 0.5) is 5.69 Å². The lowest BCUT2D eigenvalue weighted by atomic mass is 10.0. The Balaban J connectivity index is 1.78. The van der Waals surface area contributed by atoms with Gasteiger partial charge >= 0.3 is 0 Å². The molecular formula is C33H34ClN3O4S. The molecule has 2 amide bonds. The molecule has 0 saturated heterocycles. The molecule has 0 bridgehead atoms. The van der Waals surface area contributed by atoms with Crippen LogP contribution in [-0.4, -0.2) is 44.8 Å². The maximum Gasteiger partial charge on any atom is 0.264 e. The number of likely N-dealkylation sites (N-methyl/N-ethyl adjacent to an activating group) is 1. The Morgan fingerprint density at radius 1 is 0.810 bits per heavy atom. The number of benzene rings is 4. The molecule has 0 radical (unpaired) electrons. The van der Waals surface area contributed by atoms with Gasteiger partial charge in [-0.25, -0.2) is 8.42 Å². The highest BCUT2D eigenvalue weighted by Crippen LogP contribution is 2.26. The van der Waals surface area contributed by atoms with Crippen LogP contribution in [0.15, 0.2) is 108 Å². The molecule has 4 aromatic carbocycles. The van der Waals surface area contributed by atoms with Crippen LogP contribution < -0.4 is 9.62 Å². The number of nitrogens with zero attached hydrogens (tertiary/aromatic N) is 2. The Labute approximate surface area is 252 Å². The third kappa shape index (κ3) is 7.57. The maximum atomic E-state index is 14.3. The van der Waals surface area contributed by atoms with Crippen molar-refractivity contribution in [3.05, 3.63) is 130 Å². The molecule has 0 saturated carbocycles. The Hall–Kier alpha value is -4.14. The van der Waals surface area contributed by atoms with Crippen molar-refractivity contribution in [1.82, 2.24) is 10.2 Å². The highest BCUT2D eigenvalue weighted by Gasteiger charge is 2.34. The second-order valence-corrected chi connectivity index (χ2v) is 12.4. The van der Waals surface area contributed by atoms with Gasteiger partial charge in [-0.3, -0.25) is 13.9 Å². The molecule has 0 aliphatic rings. The molecular weight excluding hydrogens is 570 g/mol. The number of halogens is 1. The molecule has 1 N–H and O–H groups in total. The molecule has 1 atom stereocenters. The van der Waals surface area contributed by atoms with Crippen LogP contribution in [0, 0.1) is 13.8 Å². The first kappa shape index (κ1) is 30.8. The molecule has 218 valence electrons. The molecule has 0 unspecified atom stereocenters. The highest BCUT2D eigenvalue weighted by molar-refractivity contribution is 7.92. The van der Waals surface area contributed by atoms with Crippen molar-refractivity contribution >= 4 is 39.1 Å². The van der Waals surface area contributed by atoms with Gasteiger partial charge < -0.3 is 10.2 Å². The minimum atomic E-state index is -4.18. The van der Waals surface area contributed by atoms with Crippen LogP contribution in [0.25, 0.3) is 0 Å². The molecule has 9 heteroatoms. The van der Waals surface area contributed by atoms with Crippen LogP contribution in [0.2, 0.25) is 5.02 Å². The van der Waals surface area contributed by atoms with Crippen molar-refractivity contribution in [1.29, 1.82) is 0 Å².